The van der Waals surface area contributed by atoms with Gasteiger partial charge in [-0.25, -0.2) is 19.0 Å². The summed E-state index contributed by atoms with van der Waals surface area (Å²) in [6, 6.07) is 16.2. The molecule has 0 fully saturated rings. The summed E-state index contributed by atoms with van der Waals surface area (Å²) in [5.74, 6) is 0.184. The standard InChI is InChI=1S/C23H23FN6O/c1-3-31-15-30-22(21(28-29-30)18-8-10-19(24)11-9-18)20-12-13-25-23(27-20)26-14-17-6-4-16(2)5-7-17/h4-13H,3,14-15H2,1-2H3,(H,25,26,27). The van der Waals surface area contributed by atoms with Crippen LogP contribution >= 0.6 is 0 Å². The Balaban J connectivity index is 1.65. The molecule has 0 saturated heterocycles. The molecule has 0 saturated carbocycles. The highest BCUT2D eigenvalue weighted by Gasteiger charge is 2.19. The van der Waals surface area contributed by atoms with Crippen molar-refractivity contribution in [3.63, 3.8) is 0 Å². The zero-order chi connectivity index (χ0) is 21.6. The van der Waals surface area contributed by atoms with Gasteiger partial charge in [-0.15, -0.1) is 5.10 Å². The third-order valence-electron chi connectivity index (χ3n) is 4.74. The third-order valence-corrected chi connectivity index (χ3v) is 4.74. The molecule has 2 aromatic heterocycles. The van der Waals surface area contributed by atoms with Crippen LogP contribution in [0.4, 0.5) is 10.3 Å². The molecule has 2 heterocycles. The highest BCUT2D eigenvalue weighted by Crippen LogP contribution is 2.29. The van der Waals surface area contributed by atoms with E-state index in [0.717, 1.165) is 11.1 Å². The van der Waals surface area contributed by atoms with Crippen LogP contribution in [0.5, 0.6) is 0 Å². The Morgan fingerprint density at radius 2 is 1.81 bits per heavy atom. The number of halogens is 1. The molecule has 0 amide bonds. The summed E-state index contributed by atoms with van der Waals surface area (Å²) < 4.78 is 20.6. The fourth-order valence-corrected chi connectivity index (χ4v) is 3.10. The number of benzene rings is 2. The monoisotopic (exact) mass is 418 g/mol. The molecular formula is C23H23FN6O. The van der Waals surface area contributed by atoms with Crippen molar-refractivity contribution >= 4 is 5.95 Å². The van der Waals surface area contributed by atoms with Crippen LogP contribution in [0.3, 0.4) is 0 Å². The summed E-state index contributed by atoms with van der Waals surface area (Å²) in [5.41, 5.74) is 5.01. The third kappa shape index (κ3) is 4.92. The van der Waals surface area contributed by atoms with E-state index in [1.54, 1.807) is 29.1 Å². The van der Waals surface area contributed by atoms with Crippen molar-refractivity contribution in [2.45, 2.75) is 27.1 Å². The van der Waals surface area contributed by atoms with E-state index >= 15 is 0 Å². The first-order chi connectivity index (χ1) is 15.1. The summed E-state index contributed by atoms with van der Waals surface area (Å²) >= 11 is 0. The van der Waals surface area contributed by atoms with Crippen molar-refractivity contribution in [3.05, 3.63) is 77.7 Å². The van der Waals surface area contributed by atoms with Gasteiger partial charge in [0.25, 0.3) is 0 Å². The molecule has 0 radical (unpaired) electrons. The van der Waals surface area contributed by atoms with Crippen LogP contribution < -0.4 is 5.32 Å². The number of aromatic nitrogens is 5. The van der Waals surface area contributed by atoms with Gasteiger partial charge in [0.2, 0.25) is 5.95 Å². The molecule has 4 aromatic rings. The lowest BCUT2D eigenvalue weighted by molar-refractivity contribution is 0.0790. The Labute approximate surface area is 179 Å². The van der Waals surface area contributed by atoms with E-state index in [9.17, 15) is 4.39 Å². The Morgan fingerprint density at radius 3 is 2.55 bits per heavy atom. The van der Waals surface area contributed by atoms with E-state index in [1.165, 1.54) is 17.7 Å². The molecule has 0 spiro atoms. The molecule has 0 atom stereocenters. The van der Waals surface area contributed by atoms with Gasteiger partial charge in [-0.3, -0.25) is 0 Å². The van der Waals surface area contributed by atoms with Crippen LogP contribution in [0.15, 0.2) is 60.8 Å². The SMILES string of the molecule is CCOCn1nnc(-c2ccc(F)cc2)c1-c1ccnc(NCc2ccc(C)cc2)n1. The maximum atomic E-state index is 13.4. The van der Waals surface area contributed by atoms with E-state index in [0.29, 0.717) is 36.2 Å². The van der Waals surface area contributed by atoms with Crippen molar-refractivity contribution in [3.8, 4) is 22.6 Å². The zero-order valence-corrected chi connectivity index (χ0v) is 17.4. The lowest BCUT2D eigenvalue weighted by atomic mass is 10.1. The first-order valence-electron chi connectivity index (χ1n) is 10.0. The maximum Gasteiger partial charge on any atom is 0.223 e. The van der Waals surface area contributed by atoms with Gasteiger partial charge in [0, 0.05) is 24.9 Å². The highest BCUT2D eigenvalue weighted by molar-refractivity contribution is 5.76. The summed E-state index contributed by atoms with van der Waals surface area (Å²) in [5, 5.41) is 11.8. The number of rotatable bonds is 8. The second kappa shape index (κ2) is 9.44. The largest absolute Gasteiger partial charge is 0.359 e. The molecule has 1 N–H and O–H groups in total. The van der Waals surface area contributed by atoms with E-state index in [1.807, 2.05) is 6.92 Å². The van der Waals surface area contributed by atoms with Gasteiger partial charge in [-0.2, -0.15) is 0 Å². The number of ether oxygens (including phenoxy) is 1. The smallest absolute Gasteiger partial charge is 0.223 e. The summed E-state index contributed by atoms with van der Waals surface area (Å²) in [7, 11) is 0. The average molecular weight is 418 g/mol. The molecule has 7 nitrogen and oxygen atoms in total. The predicted octanol–water partition coefficient (Wildman–Crippen LogP) is 4.46. The van der Waals surface area contributed by atoms with E-state index in [-0.39, 0.29) is 12.5 Å². The first kappa shape index (κ1) is 20.6. The van der Waals surface area contributed by atoms with Gasteiger partial charge < -0.3 is 10.1 Å². The Hall–Kier alpha value is -3.65. The topological polar surface area (TPSA) is 77.8 Å². The number of nitrogens with one attached hydrogen (secondary N) is 1. The van der Waals surface area contributed by atoms with Crippen molar-refractivity contribution in [1.29, 1.82) is 0 Å². The predicted molar refractivity (Wildman–Crippen MR) is 117 cm³/mol. The lowest BCUT2D eigenvalue weighted by Gasteiger charge is -2.10. The fourth-order valence-electron chi connectivity index (χ4n) is 3.10. The Kier molecular flexibility index (Phi) is 6.28. The summed E-state index contributed by atoms with van der Waals surface area (Å²) in [4.78, 5) is 9.00. The number of hydrogen-bond donors (Lipinski definition) is 1. The molecule has 0 unspecified atom stereocenters. The maximum absolute atomic E-state index is 13.4. The van der Waals surface area contributed by atoms with Crippen LogP contribution in [0.1, 0.15) is 18.1 Å². The van der Waals surface area contributed by atoms with Gasteiger partial charge in [-0.05, 0) is 49.7 Å². The molecule has 0 aliphatic heterocycles. The summed E-state index contributed by atoms with van der Waals surface area (Å²) in [6.07, 6.45) is 1.69. The molecule has 0 aliphatic carbocycles. The molecule has 2 aromatic carbocycles. The Morgan fingerprint density at radius 1 is 1.03 bits per heavy atom. The van der Waals surface area contributed by atoms with Crippen molar-refractivity contribution in [2.75, 3.05) is 11.9 Å². The molecule has 4 rings (SSSR count). The van der Waals surface area contributed by atoms with Crippen LogP contribution in [-0.4, -0.2) is 31.6 Å². The van der Waals surface area contributed by atoms with Crippen LogP contribution in [0, 0.1) is 12.7 Å². The Bertz CT molecular complexity index is 1140. The lowest BCUT2D eigenvalue weighted by Crippen LogP contribution is -2.08. The van der Waals surface area contributed by atoms with Crippen LogP contribution in [-0.2, 0) is 18.0 Å². The van der Waals surface area contributed by atoms with Gasteiger partial charge in [-0.1, -0.05) is 35.0 Å². The van der Waals surface area contributed by atoms with Crippen molar-refractivity contribution in [2.24, 2.45) is 0 Å². The number of nitrogens with zero attached hydrogens (tertiary/aromatic N) is 5. The molecule has 0 bridgehead atoms. The van der Waals surface area contributed by atoms with Gasteiger partial charge >= 0.3 is 0 Å². The zero-order valence-electron chi connectivity index (χ0n) is 17.4. The second-order valence-electron chi connectivity index (χ2n) is 7.02. The van der Waals surface area contributed by atoms with Gasteiger partial charge in [0.1, 0.15) is 23.9 Å². The fraction of sp³-hybridized carbons (Fsp3) is 0.217. The molecular weight excluding hydrogens is 395 g/mol. The minimum Gasteiger partial charge on any atom is -0.359 e. The van der Waals surface area contributed by atoms with E-state index in [2.05, 4.69) is 56.8 Å². The normalized spacial score (nSPS) is 10.9. The quantitative estimate of drug-likeness (QED) is 0.455. The number of hydrogen-bond acceptors (Lipinski definition) is 6. The van der Waals surface area contributed by atoms with E-state index < -0.39 is 0 Å². The average Bonchev–Trinajstić information content (AvgIpc) is 3.22. The van der Waals surface area contributed by atoms with Crippen molar-refractivity contribution < 1.29 is 9.13 Å². The van der Waals surface area contributed by atoms with Gasteiger partial charge in [0.05, 0.1) is 5.69 Å². The second-order valence-corrected chi connectivity index (χ2v) is 7.02. The number of anilines is 1. The summed E-state index contributed by atoms with van der Waals surface area (Å²) in [6.45, 7) is 5.34. The van der Waals surface area contributed by atoms with E-state index in [4.69, 9.17) is 4.74 Å². The van der Waals surface area contributed by atoms with Crippen LogP contribution in [0.25, 0.3) is 22.6 Å². The molecule has 158 valence electrons. The molecule has 0 aliphatic rings. The van der Waals surface area contributed by atoms with Crippen molar-refractivity contribution in [1.82, 2.24) is 25.0 Å². The molecule has 31 heavy (non-hydrogen) atoms. The number of aryl methyl sites for hydroxylation is 1. The van der Waals surface area contributed by atoms with Crippen LogP contribution in [0.2, 0.25) is 0 Å². The minimum atomic E-state index is -0.309. The highest BCUT2D eigenvalue weighted by atomic mass is 19.1. The first-order valence-corrected chi connectivity index (χ1v) is 10.0. The minimum absolute atomic E-state index is 0.232. The molecule has 8 heteroatoms. The van der Waals surface area contributed by atoms with Gasteiger partial charge in [0.15, 0.2) is 0 Å².